The van der Waals surface area contributed by atoms with Crippen molar-refractivity contribution in [2.24, 2.45) is 0 Å². The molecule has 0 unspecified atom stereocenters. The number of carbonyl (C=O) groups is 1. The molecule has 1 amide bonds. The van der Waals surface area contributed by atoms with E-state index in [9.17, 15) is 4.79 Å². The number of nitrogens with one attached hydrogen (secondary N) is 1. The van der Waals surface area contributed by atoms with Crippen molar-refractivity contribution in [1.29, 1.82) is 0 Å². The van der Waals surface area contributed by atoms with Crippen molar-refractivity contribution in [3.63, 3.8) is 0 Å². The van der Waals surface area contributed by atoms with Gasteiger partial charge in [-0.1, -0.05) is 0 Å². The van der Waals surface area contributed by atoms with Crippen LogP contribution in [-0.2, 0) is 4.79 Å². The average molecular weight is 347 g/mol. The zero-order valence-corrected chi connectivity index (χ0v) is 16.9. The van der Waals surface area contributed by atoms with Gasteiger partial charge in [0.25, 0.3) is 0 Å². The van der Waals surface area contributed by atoms with Gasteiger partial charge in [-0.05, 0) is 0 Å². The summed E-state index contributed by atoms with van der Waals surface area (Å²) in [6, 6.07) is 4.36. The Labute approximate surface area is 148 Å². The van der Waals surface area contributed by atoms with E-state index in [0.29, 0.717) is 5.91 Å². The first kappa shape index (κ1) is 17.9. The molecule has 1 aliphatic carbocycles. The second-order valence-corrected chi connectivity index (χ2v) is 13.7. The van der Waals surface area contributed by atoms with E-state index in [2.05, 4.69) is 44.9 Å². The van der Waals surface area contributed by atoms with Crippen molar-refractivity contribution in [1.82, 2.24) is 0 Å². The van der Waals surface area contributed by atoms with Crippen LogP contribution in [0.4, 0.5) is 5.69 Å². The van der Waals surface area contributed by atoms with Crippen LogP contribution in [0.2, 0.25) is 0 Å². The fourth-order valence-electron chi connectivity index (χ4n) is 5.23. The van der Waals surface area contributed by atoms with Gasteiger partial charge in [0.2, 0.25) is 0 Å². The summed E-state index contributed by atoms with van der Waals surface area (Å²) in [5.41, 5.74) is 4.72. The van der Waals surface area contributed by atoms with Crippen molar-refractivity contribution in [2.75, 3.05) is 24.3 Å². The van der Waals surface area contributed by atoms with Crippen LogP contribution >= 0.6 is 7.26 Å². The van der Waals surface area contributed by atoms with E-state index in [1.165, 1.54) is 61.1 Å². The van der Waals surface area contributed by atoms with Crippen molar-refractivity contribution in [3.8, 4) is 0 Å². The van der Waals surface area contributed by atoms with Crippen LogP contribution in [-0.4, -0.2) is 30.1 Å². The van der Waals surface area contributed by atoms with Crippen molar-refractivity contribution < 1.29 is 4.79 Å². The molecule has 0 bridgehead atoms. The molecule has 1 N–H and O–H groups in total. The summed E-state index contributed by atoms with van der Waals surface area (Å²) < 4.78 is 0. The Morgan fingerprint density at radius 1 is 0.958 bits per heavy atom. The molecular formula is C21H34NOP. The molecule has 134 valence electrons. The average Bonchev–Trinajstić information content (AvgIpc) is 2.67. The molecule has 2 nitrogen and oxygen atoms in total. The van der Waals surface area contributed by atoms with E-state index in [4.69, 9.17) is 0 Å². The molecule has 1 aromatic rings. The molecule has 0 aromatic heterocycles. The molecule has 3 heteroatoms. The number of rotatable bonds is 3. The SMILES string of the molecule is Cc1cc(C)c(NC(=O)C2([PH]3(C)CCCCCC3)CCC2)c(C)c1. The summed E-state index contributed by atoms with van der Waals surface area (Å²) in [4.78, 5) is 13.4. The molecule has 1 heterocycles. The summed E-state index contributed by atoms with van der Waals surface area (Å²) >= 11 is 0. The molecule has 0 spiro atoms. The van der Waals surface area contributed by atoms with Gasteiger partial charge >= 0.3 is 148 Å². The van der Waals surface area contributed by atoms with Gasteiger partial charge in [-0.2, -0.15) is 0 Å². The van der Waals surface area contributed by atoms with E-state index < -0.39 is 7.26 Å². The number of amides is 1. The van der Waals surface area contributed by atoms with Crippen molar-refractivity contribution in [3.05, 3.63) is 28.8 Å². The van der Waals surface area contributed by atoms with E-state index in [0.717, 1.165) is 18.5 Å². The molecule has 0 radical (unpaired) electrons. The second kappa shape index (κ2) is 6.79. The normalized spacial score (nSPS) is 23.7. The van der Waals surface area contributed by atoms with Crippen LogP contribution in [0.25, 0.3) is 0 Å². The van der Waals surface area contributed by atoms with Crippen LogP contribution in [0.3, 0.4) is 0 Å². The van der Waals surface area contributed by atoms with Crippen LogP contribution in [0, 0.1) is 20.8 Å². The number of hydrogen-bond donors (Lipinski definition) is 1. The van der Waals surface area contributed by atoms with Gasteiger partial charge in [-0.25, -0.2) is 0 Å². The van der Waals surface area contributed by atoms with Crippen molar-refractivity contribution in [2.45, 2.75) is 70.9 Å². The molecule has 1 aliphatic heterocycles. The molecule has 3 rings (SSSR count). The molecule has 2 aliphatic rings. The predicted molar refractivity (Wildman–Crippen MR) is 108 cm³/mol. The summed E-state index contributed by atoms with van der Waals surface area (Å²) in [7, 11) is -1.53. The Morgan fingerprint density at radius 3 is 1.96 bits per heavy atom. The topological polar surface area (TPSA) is 29.1 Å². The zero-order chi connectivity index (χ0) is 17.4. The van der Waals surface area contributed by atoms with Crippen LogP contribution < -0.4 is 5.32 Å². The van der Waals surface area contributed by atoms with Crippen molar-refractivity contribution >= 4 is 18.9 Å². The Kier molecular flexibility index (Phi) is 5.07. The summed E-state index contributed by atoms with van der Waals surface area (Å²) in [5.74, 6) is 0.347. The Bertz CT molecular complexity index is 602. The molecule has 1 saturated heterocycles. The second-order valence-electron chi connectivity index (χ2n) is 8.64. The summed E-state index contributed by atoms with van der Waals surface area (Å²) in [5, 5.41) is 3.39. The summed E-state index contributed by atoms with van der Waals surface area (Å²) in [6.45, 7) is 8.89. The van der Waals surface area contributed by atoms with Crippen LogP contribution in [0.1, 0.15) is 61.6 Å². The summed E-state index contributed by atoms with van der Waals surface area (Å²) in [6.07, 6.45) is 11.6. The van der Waals surface area contributed by atoms with Crippen LogP contribution in [0.15, 0.2) is 12.1 Å². The van der Waals surface area contributed by atoms with Gasteiger partial charge in [0.15, 0.2) is 0 Å². The molecule has 2 fully saturated rings. The number of hydrogen-bond acceptors (Lipinski definition) is 1. The first-order chi connectivity index (χ1) is 11.4. The molecule has 24 heavy (non-hydrogen) atoms. The number of carbonyl (C=O) groups excluding carboxylic acids is 1. The predicted octanol–water partition coefficient (Wildman–Crippen LogP) is 5.43. The standard InChI is InChI=1S/C21H34NOP/c1-16-14-17(2)19(18(3)15-16)22-20(23)21(10-9-11-21)24(4)12-7-5-6-8-13-24/h14-15,24H,5-13H2,1-4H3,(H,22,23). The molecule has 0 atom stereocenters. The fraction of sp³-hybridized carbons (Fsp3) is 0.667. The maximum absolute atomic E-state index is 13.4. The third-order valence-corrected chi connectivity index (χ3v) is 12.9. The third kappa shape index (κ3) is 3.03. The Balaban J connectivity index is 1.87. The van der Waals surface area contributed by atoms with Gasteiger partial charge in [-0.3, -0.25) is 0 Å². The zero-order valence-electron chi connectivity index (χ0n) is 15.9. The van der Waals surface area contributed by atoms with E-state index >= 15 is 0 Å². The molecule has 1 aromatic carbocycles. The fourth-order valence-corrected chi connectivity index (χ4v) is 10.7. The van der Waals surface area contributed by atoms with E-state index in [-0.39, 0.29) is 5.16 Å². The Hall–Kier alpha value is -0.880. The monoisotopic (exact) mass is 347 g/mol. The van der Waals surface area contributed by atoms with E-state index in [1.807, 2.05) is 0 Å². The first-order valence-corrected chi connectivity index (χ1v) is 12.7. The molecular weight excluding hydrogens is 313 g/mol. The van der Waals surface area contributed by atoms with Gasteiger partial charge in [-0.15, -0.1) is 0 Å². The number of aryl methyl sites for hydroxylation is 3. The van der Waals surface area contributed by atoms with Gasteiger partial charge in [0, 0.05) is 0 Å². The maximum atomic E-state index is 13.4. The molecule has 1 saturated carbocycles. The third-order valence-electron chi connectivity index (χ3n) is 6.92. The van der Waals surface area contributed by atoms with Crippen LogP contribution in [0.5, 0.6) is 0 Å². The first-order valence-electron chi connectivity index (χ1n) is 9.77. The van der Waals surface area contributed by atoms with Gasteiger partial charge in [0.1, 0.15) is 0 Å². The minimum absolute atomic E-state index is 0.00110. The Morgan fingerprint density at radius 2 is 1.50 bits per heavy atom. The van der Waals surface area contributed by atoms with Gasteiger partial charge in [0.05, 0.1) is 0 Å². The number of benzene rings is 1. The van der Waals surface area contributed by atoms with Gasteiger partial charge < -0.3 is 0 Å². The minimum atomic E-state index is -1.53. The quantitative estimate of drug-likeness (QED) is 0.726. The number of anilines is 1. The van der Waals surface area contributed by atoms with E-state index in [1.54, 1.807) is 0 Å².